The molecule has 0 aliphatic rings. The van der Waals surface area contributed by atoms with Crippen molar-refractivity contribution >= 4 is 31.9 Å². The molecule has 0 aliphatic carbocycles. The summed E-state index contributed by atoms with van der Waals surface area (Å²) in [5, 5.41) is 4.52. The van der Waals surface area contributed by atoms with Gasteiger partial charge in [-0.15, -0.1) is 0 Å². The molecule has 90 valence electrons. The molecule has 0 saturated heterocycles. The van der Waals surface area contributed by atoms with Gasteiger partial charge in [0.1, 0.15) is 0 Å². The Morgan fingerprint density at radius 3 is 2.53 bits per heavy atom. The van der Waals surface area contributed by atoms with Crippen LogP contribution in [0.25, 0.3) is 5.69 Å². The fraction of sp³-hybridized carbons (Fsp3) is 0.250. The summed E-state index contributed by atoms with van der Waals surface area (Å²) in [7, 11) is 0. The highest BCUT2D eigenvalue weighted by atomic mass is 79.9. The summed E-state index contributed by atoms with van der Waals surface area (Å²) in [6, 6.07) is 6.05. The Morgan fingerprint density at radius 1 is 1.29 bits per heavy atom. The van der Waals surface area contributed by atoms with Crippen LogP contribution >= 0.6 is 31.9 Å². The van der Waals surface area contributed by atoms with E-state index < -0.39 is 0 Å². The summed E-state index contributed by atoms with van der Waals surface area (Å²) in [5.41, 5.74) is 9.94. The minimum atomic E-state index is 0.491. The van der Waals surface area contributed by atoms with E-state index in [-0.39, 0.29) is 0 Å². The lowest BCUT2D eigenvalue weighted by Gasteiger charge is -2.10. The third kappa shape index (κ3) is 2.32. The molecule has 2 aromatic rings. The number of hydrogen-bond acceptors (Lipinski definition) is 2. The average Bonchev–Trinajstić information content (AvgIpc) is 2.57. The molecular formula is C12H13Br2N3. The minimum Gasteiger partial charge on any atom is -0.326 e. The van der Waals surface area contributed by atoms with Gasteiger partial charge < -0.3 is 5.73 Å². The number of rotatable bonds is 2. The second-order valence-corrected chi connectivity index (χ2v) is 5.58. The molecular weight excluding hydrogens is 346 g/mol. The van der Waals surface area contributed by atoms with Crippen LogP contribution in [-0.2, 0) is 6.54 Å². The third-order valence-electron chi connectivity index (χ3n) is 2.69. The van der Waals surface area contributed by atoms with Crippen LogP contribution in [0.5, 0.6) is 0 Å². The van der Waals surface area contributed by atoms with Crippen LogP contribution in [0.15, 0.2) is 27.1 Å². The minimum absolute atomic E-state index is 0.491. The zero-order valence-corrected chi connectivity index (χ0v) is 12.8. The standard InChI is InChI=1S/C12H13Br2N3/c1-7-12(14)8(2)17(16-7)11-4-3-10(13)5-9(11)6-15/h3-5H,6,15H2,1-2H3. The van der Waals surface area contributed by atoms with Crippen molar-refractivity contribution in [1.29, 1.82) is 0 Å². The zero-order valence-electron chi connectivity index (χ0n) is 9.67. The van der Waals surface area contributed by atoms with Gasteiger partial charge in [-0.25, -0.2) is 4.68 Å². The van der Waals surface area contributed by atoms with Gasteiger partial charge in [-0.2, -0.15) is 5.10 Å². The van der Waals surface area contributed by atoms with Gasteiger partial charge in [0.15, 0.2) is 0 Å². The fourth-order valence-corrected chi connectivity index (χ4v) is 2.44. The normalized spacial score (nSPS) is 10.9. The smallest absolute Gasteiger partial charge is 0.0743 e. The largest absolute Gasteiger partial charge is 0.326 e. The summed E-state index contributed by atoms with van der Waals surface area (Å²) in [6.45, 7) is 4.51. The molecule has 2 rings (SSSR count). The summed E-state index contributed by atoms with van der Waals surface area (Å²) in [6.07, 6.45) is 0. The highest BCUT2D eigenvalue weighted by Crippen LogP contribution is 2.26. The summed E-state index contributed by atoms with van der Waals surface area (Å²) >= 11 is 6.99. The first-order chi connectivity index (χ1) is 8.04. The van der Waals surface area contributed by atoms with Crippen LogP contribution in [0, 0.1) is 13.8 Å². The maximum absolute atomic E-state index is 5.78. The SMILES string of the molecule is Cc1nn(-c2ccc(Br)cc2CN)c(C)c1Br. The average molecular weight is 359 g/mol. The molecule has 0 bridgehead atoms. The van der Waals surface area contributed by atoms with E-state index in [4.69, 9.17) is 5.73 Å². The molecule has 0 aliphatic heterocycles. The monoisotopic (exact) mass is 357 g/mol. The Labute approximate surface area is 117 Å². The van der Waals surface area contributed by atoms with E-state index in [1.165, 1.54) is 0 Å². The highest BCUT2D eigenvalue weighted by molar-refractivity contribution is 9.10. The van der Waals surface area contributed by atoms with Crippen LogP contribution in [0.1, 0.15) is 17.0 Å². The summed E-state index contributed by atoms with van der Waals surface area (Å²) in [5.74, 6) is 0. The number of halogens is 2. The van der Waals surface area contributed by atoms with Crippen molar-refractivity contribution in [2.75, 3.05) is 0 Å². The van der Waals surface area contributed by atoms with Crippen molar-refractivity contribution in [2.24, 2.45) is 5.73 Å². The van der Waals surface area contributed by atoms with E-state index in [1.807, 2.05) is 36.7 Å². The summed E-state index contributed by atoms with van der Waals surface area (Å²) in [4.78, 5) is 0. The fourth-order valence-electron chi connectivity index (χ4n) is 1.78. The molecule has 17 heavy (non-hydrogen) atoms. The highest BCUT2D eigenvalue weighted by Gasteiger charge is 2.12. The Morgan fingerprint density at radius 2 is 2.00 bits per heavy atom. The van der Waals surface area contributed by atoms with E-state index in [0.717, 1.165) is 31.6 Å². The van der Waals surface area contributed by atoms with Gasteiger partial charge in [-0.1, -0.05) is 15.9 Å². The second kappa shape index (κ2) is 4.92. The Bertz CT molecular complexity index is 561. The van der Waals surface area contributed by atoms with E-state index in [2.05, 4.69) is 37.0 Å². The predicted octanol–water partition coefficient (Wildman–Crippen LogP) is 3.47. The van der Waals surface area contributed by atoms with Crippen LogP contribution in [0.4, 0.5) is 0 Å². The van der Waals surface area contributed by atoms with Crippen molar-refractivity contribution in [1.82, 2.24) is 9.78 Å². The number of hydrogen-bond donors (Lipinski definition) is 1. The van der Waals surface area contributed by atoms with Crippen LogP contribution in [-0.4, -0.2) is 9.78 Å². The number of nitrogens with two attached hydrogens (primary N) is 1. The summed E-state index contributed by atoms with van der Waals surface area (Å²) < 4.78 is 4.00. The lowest BCUT2D eigenvalue weighted by molar-refractivity contribution is 0.817. The quantitative estimate of drug-likeness (QED) is 0.893. The maximum atomic E-state index is 5.78. The predicted molar refractivity (Wildman–Crippen MR) is 76.3 cm³/mol. The molecule has 0 fully saturated rings. The zero-order chi connectivity index (χ0) is 12.6. The Balaban J connectivity index is 2.64. The number of benzene rings is 1. The van der Waals surface area contributed by atoms with Gasteiger partial charge in [0, 0.05) is 11.0 Å². The lowest BCUT2D eigenvalue weighted by atomic mass is 10.2. The molecule has 3 nitrogen and oxygen atoms in total. The lowest BCUT2D eigenvalue weighted by Crippen LogP contribution is -2.07. The first kappa shape index (κ1) is 12.8. The molecule has 2 N–H and O–H groups in total. The number of aryl methyl sites for hydroxylation is 1. The van der Waals surface area contributed by atoms with Gasteiger partial charge in [-0.05, 0) is 53.5 Å². The van der Waals surface area contributed by atoms with Gasteiger partial charge in [-0.3, -0.25) is 0 Å². The molecule has 1 aromatic heterocycles. The van der Waals surface area contributed by atoms with Gasteiger partial charge >= 0.3 is 0 Å². The van der Waals surface area contributed by atoms with Crippen LogP contribution in [0.2, 0.25) is 0 Å². The van der Waals surface area contributed by atoms with Crippen molar-refractivity contribution in [3.05, 3.63) is 44.1 Å². The maximum Gasteiger partial charge on any atom is 0.0743 e. The molecule has 0 spiro atoms. The second-order valence-electron chi connectivity index (χ2n) is 3.87. The molecule has 1 heterocycles. The van der Waals surface area contributed by atoms with Crippen molar-refractivity contribution in [3.63, 3.8) is 0 Å². The van der Waals surface area contributed by atoms with Crippen LogP contribution in [0.3, 0.4) is 0 Å². The molecule has 0 atom stereocenters. The first-order valence-corrected chi connectivity index (χ1v) is 6.83. The third-order valence-corrected chi connectivity index (χ3v) is 4.33. The molecule has 0 saturated carbocycles. The molecule has 0 amide bonds. The number of aromatic nitrogens is 2. The molecule has 0 unspecified atom stereocenters. The van der Waals surface area contributed by atoms with E-state index in [0.29, 0.717) is 6.54 Å². The van der Waals surface area contributed by atoms with E-state index >= 15 is 0 Å². The molecule has 5 heteroatoms. The molecule has 0 radical (unpaired) electrons. The van der Waals surface area contributed by atoms with E-state index in [1.54, 1.807) is 0 Å². The number of nitrogens with zero attached hydrogens (tertiary/aromatic N) is 2. The van der Waals surface area contributed by atoms with Gasteiger partial charge in [0.2, 0.25) is 0 Å². The Hall–Kier alpha value is -0.650. The first-order valence-electron chi connectivity index (χ1n) is 5.25. The molecule has 1 aromatic carbocycles. The van der Waals surface area contributed by atoms with Crippen molar-refractivity contribution in [2.45, 2.75) is 20.4 Å². The van der Waals surface area contributed by atoms with Crippen molar-refractivity contribution < 1.29 is 0 Å². The topological polar surface area (TPSA) is 43.8 Å². The van der Waals surface area contributed by atoms with Gasteiger partial charge in [0.05, 0.1) is 21.5 Å². The van der Waals surface area contributed by atoms with Crippen molar-refractivity contribution in [3.8, 4) is 5.69 Å². The van der Waals surface area contributed by atoms with E-state index in [9.17, 15) is 0 Å². The Kier molecular flexibility index (Phi) is 3.70. The van der Waals surface area contributed by atoms with Crippen LogP contribution < -0.4 is 5.73 Å². The van der Waals surface area contributed by atoms with Gasteiger partial charge in [0.25, 0.3) is 0 Å².